The second-order valence-electron chi connectivity index (χ2n) is 4.77. The number of pyridine rings is 1. The fourth-order valence-electron chi connectivity index (χ4n) is 1.48. The van der Waals surface area contributed by atoms with Crippen molar-refractivity contribution < 1.29 is 13.2 Å². The third-order valence-corrected chi connectivity index (χ3v) is 3.69. The van der Waals surface area contributed by atoms with Gasteiger partial charge < -0.3 is 5.32 Å². The molecule has 2 N–H and O–H groups in total. The van der Waals surface area contributed by atoms with Crippen molar-refractivity contribution >= 4 is 31.9 Å². The van der Waals surface area contributed by atoms with E-state index in [1.165, 1.54) is 6.20 Å². The van der Waals surface area contributed by atoms with Gasteiger partial charge in [0.05, 0.1) is 6.26 Å². The molecule has 0 aliphatic carbocycles. The Kier molecular flexibility index (Phi) is 5.05. The topological polar surface area (TPSA) is 88.2 Å². The molecule has 8 heteroatoms. The standard InChI is InChI=1S/C11H16BrN3O3S/c1-11(2,15-19(3,17)18)7-14-10(16)9-8(12)5-4-6-13-9/h4-6,15H,7H2,1-3H3,(H,14,16). The van der Waals surface area contributed by atoms with Crippen LogP contribution in [0.25, 0.3) is 0 Å². The first-order valence-corrected chi connectivity index (χ1v) is 8.17. The zero-order chi connectivity index (χ0) is 14.7. The molecule has 6 nitrogen and oxygen atoms in total. The van der Waals surface area contributed by atoms with Gasteiger partial charge >= 0.3 is 0 Å². The van der Waals surface area contributed by atoms with Gasteiger partial charge in [-0.1, -0.05) is 0 Å². The van der Waals surface area contributed by atoms with Crippen LogP contribution in [0.5, 0.6) is 0 Å². The monoisotopic (exact) mass is 349 g/mol. The molecule has 0 atom stereocenters. The molecule has 0 radical (unpaired) electrons. The number of nitrogens with zero attached hydrogens (tertiary/aromatic N) is 1. The Morgan fingerprint density at radius 2 is 2.11 bits per heavy atom. The van der Waals surface area contributed by atoms with Crippen molar-refractivity contribution in [2.24, 2.45) is 0 Å². The van der Waals surface area contributed by atoms with Crippen molar-refractivity contribution in [3.05, 3.63) is 28.5 Å². The van der Waals surface area contributed by atoms with Gasteiger partial charge in [-0.3, -0.25) is 4.79 Å². The lowest BCUT2D eigenvalue weighted by molar-refractivity contribution is 0.0938. The highest BCUT2D eigenvalue weighted by molar-refractivity contribution is 9.10. The number of nitrogens with one attached hydrogen (secondary N) is 2. The minimum atomic E-state index is -3.33. The van der Waals surface area contributed by atoms with E-state index in [4.69, 9.17) is 0 Å². The maximum absolute atomic E-state index is 11.9. The largest absolute Gasteiger partial charge is 0.349 e. The number of hydrogen-bond acceptors (Lipinski definition) is 4. The number of carbonyl (C=O) groups excluding carboxylic acids is 1. The molecule has 106 valence electrons. The summed E-state index contributed by atoms with van der Waals surface area (Å²) >= 11 is 3.23. The zero-order valence-electron chi connectivity index (χ0n) is 10.9. The van der Waals surface area contributed by atoms with Crippen molar-refractivity contribution in [1.82, 2.24) is 15.0 Å². The molecule has 1 heterocycles. The molecule has 1 amide bonds. The third kappa shape index (κ3) is 5.66. The van der Waals surface area contributed by atoms with Crippen LogP contribution in [-0.4, -0.2) is 37.6 Å². The van der Waals surface area contributed by atoms with E-state index in [1.54, 1.807) is 26.0 Å². The van der Waals surface area contributed by atoms with Crippen molar-refractivity contribution in [3.63, 3.8) is 0 Å². The second kappa shape index (κ2) is 5.98. The molecule has 1 aromatic rings. The van der Waals surface area contributed by atoms with E-state index < -0.39 is 15.6 Å². The molecule has 1 rings (SSSR count). The first-order valence-electron chi connectivity index (χ1n) is 5.48. The lowest BCUT2D eigenvalue weighted by atomic mass is 10.1. The number of rotatable bonds is 5. The van der Waals surface area contributed by atoms with Crippen LogP contribution in [0.2, 0.25) is 0 Å². The minimum Gasteiger partial charge on any atom is -0.349 e. The van der Waals surface area contributed by atoms with Crippen molar-refractivity contribution in [1.29, 1.82) is 0 Å². The highest BCUT2D eigenvalue weighted by Crippen LogP contribution is 2.13. The summed E-state index contributed by atoms with van der Waals surface area (Å²) in [6, 6.07) is 3.41. The fourth-order valence-corrected chi connectivity index (χ4v) is 2.99. The summed E-state index contributed by atoms with van der Waals surface area (Å²) in [7, 11) is -3.33. The molecule has 0 aliphatic heterocycles. The highest BCUT2D eigenvalue weighted by Gasteiger charge is 2.23. The first kappa shape index (κ1) is 16.1. The van der Waals surface area contributed by atoms with Crippen LogP contribution in [0.15, 0.2) is 22.8 Å². The predicted molar refractivity (Wildman–Crippen MR) is 76.3 cm³/mol. The van der Waals surface area contributed by atoms with Crippen LogP contribution in [0.3, 0.4) is 0 Å². The Labute approximate surface area is 121 Å². The number of carbonyl (C=O) groups is 1. The maximum atomic E-state index is 11.9. The van der Waals surface area contributed by atoms with Gasteiger partial charge in [0.1, 0.15) is 5.69 Å². The summed E-state index contributed by atoms with van der Waals surface area (Å²) in [6.07, 6.45) is 2.59. The third-order valence-electron chi connectivity index (χ3n) is 2.13. The van der Waals surface area contributed by atoms with Gasteiger partial charge in [-0.25, -0.2) is 18.1 Å². The lowest BCUT2D eigenvalue weighted by Crippen LogP contribution is -2.51. The molecule has 0 spiro atoms. The van der Waals surface area contributed by atoms with Crippen LogP contribution in [-0.2, 0) is 10.0 Å². The lowest BCUT2D eigenvalue weighted by Gasteiger charge is -2.25. The fraction of sp³-hybridized carbons (Fsp3) is 0.455. The van der Waals surface area contributed by atoms with Crippen LogP contribution >= 0.6 is 15.9 Å². The summed E-state index contributed by atoms with van der Waals surface area (Å²) in [5, 5.41) is 2.64. The van der Waals surface area contributed by atoms with E-state index in [0.29, 0.717) is 4.47 Å². The van der Waals surface area contributed by atoms with E-state index in [9.17, 15) is 13.2 Å². The average Bonchev–Trinajstić information content (AvgIpc) is 2.23. The summed E-state index contributed by atoms with van der Waals surface area (Å²) in [5.41, 5.74) is -0.512. The van der Waals surface area contributed by atoms with Crippen LogP contribution in [0.1, 0.15) is 24.3 Å². The number of amides is 1. The first-order chi connectivity index (χ1) is 8.61. The molecule has 19 heavy (non-hydrogen) atoms. The number of halogens is 1. The van der Waals surface area contributed by atoms with Crippen LogP contribution in [0, 0.1) is 0 Å². The van der Waals surface area contributed by atoms with Gasteiger partial charge in [0, 0.05) is 22.8 Å². The molecule has 0 unspecified atom stereocenters. The molecule has 0 saturated heterocycles. The van der Waals surface area contributed by atoms with Gasteiger partial charge in [-0.2, -0.15) is 0 Å². The quantitative estimate of drug-likeness (QED) is 0.826. The minimum absolute atomic E-state index is 0.155. The van der Waals surface area contributed by atoms with Crippen LogP contribution < -0.4 is 10.0 Å². The Morgan fingerprint density at radius 1 is 1.47 bits per heavy atom. The second-order valence-corrected chi connectivity index (χ2v) is 7.38. The van der Waals surface area contributed by atoms with E-state index >= 15 is 0 Å². The Morgan fingerprint density at radius 3 is 2.63 bits per heavy atom. The highest BCUT2D eigenvalue weighted by atomic mass is 79.9. The molecule has 0 fully saturated rings. The molecular formula is C11H16BrN3O3S. The van der Waals surface area contributed by atoms with Gasteiger partial charge in [0.2, 0.25) is 10.0 Å². The van der Waals surface area contributed by atoms with Crippen molar-refractivity contribution in [2.45, 2.75) is 19.4 Å². The molecule has 1 aromatic heterocycles. The summed E-state index contributed by atoms with van der Waals surface area (Å²) in [6.45, 7) is 3.52. The summed E-state index contributed by atoms with van der Waals surface area (Å²) in [5.74, 6) is -0.365. The van der Waals surface area contributed by atoms with E-state index in [1.807, 2.05) is 0 Å². The van der Waals surface area contributed by atoms with Crippen molar-refractivity contribution in [3.8, 4) is 0 Å². The van der Waals surface area contributed by atoms with Gasteiger partial charge in [-0.15, -0.1) is 0 Å². The van der Waals surface area contributed by atoms with E-state index in [0.717, 1.165) is 6.26 Å². The zero-order valence-corrected chi connectivity index (χ0v) is 13.3. The number of hydrogen-bond donors (Lipinski definition) is 2. The molecular weight excluding hydrogens is 334 g/mol. The van der Waals surface area contributed by atoms with Crippen molar-refractivity contribution in [2.75, 3.05) is 12.8 Å². The Bertz CT molecular complexity index is 572. The SMILES string of the molecule is CC(C)(CNC(=O)c1ncccc1Br)NS(C)(=O)=O. The Balaban J connectivity index is 2.67. The smallest absolute Gasteiger partial charge is 0.271 e. The van der Waals surface area contributed by atoms with E-state index in [-0.39, 0.29) is 18.1 Å². The van der Waals surface area contributed by atoms with E-state index in [2.05, 4.69) is 31.0 Å². The molecule has 0 aromatic carbocycles. The summed E-state index contributed by atoms with van der Waals surface area (Å²) in [4.78, 5) is 15.9. The number of sulfonamides is 1. The predicted octanol–water partition coefficient (Wildman–Crippen LogP) is 0.902. The maximum Gasteiger partial charge on any atom is 0.271 e. The molecule has 0 bridgehead atoms. The van der Waals surface area contributed by atoms with Gasteiger partial charge in [0.25, 0.3) is 5.91 Å². The van der Waals surface area contributed by atoms with Crippen LogP contribution in [0.4, 0.5) is 0 Å². The summed E-state index contributed by atoms with van der Waals surface area (Å²) < 4.78 is 25.4. The van der Waals surface area contributed by atoms with Gasteiger partial charge in [-0.05, 0) is 41.9 Å². The molecule has 0 aliphatic rings. The molecule has 0 saturated carbocycles. The Hall–Kier alpha value is -0.990. The number of aromatic nitrogens is 1. The van der Waals surface area contributed by atoms with Gasteiger partial charge in [0.15, 0.2) is 0 Å². The normalized spacial score (nSPS) is 12.2. The average molecular weight is 350 g/mol.